The molecule has 632 valence electrons. The summed E-state index contributed by atoms with van der Waals surface area (Å²) in [5, 5.41) is 12.9. The van der Waals surface area contributed by atoms with E-state index in [-0.39, 0.29) is 5.56 Å². The van der Waals surface area contributed by atoms with Crippen LogP contribution in [0.2, 0.25) is 0 Å². The molecule has 2 aliphatic rings. The van der Waals surface area contributed by atoms with Crippen LogP contribution in [0.4, 0.5) is 0 Å². The van der Waals surface area contributed by atoms with E-state index in [4.69, 9.17) is 115 Å². The number of thioether (sulfide) groups is 6. The van der Waals surface area contributed by atoms with E-state index in [1.165, 1.54) is 11.8 Å². The Morgan fingerprint density at radius 1 is 0.276 bits per heavy atom. The highest BCUT2D eigenvalue weighted by Crippen LogP contribution is 2.46. The molecule has 35 heteroatoms. The molecule has 8 bridgehead atoms. The van der Waals surface area contributed by atoms with E-state index >= 15 is 0 Å². The first-order valence-corrected chi connectivity index (χ1v) is 45.1. The van der Waals surface area contributed by atoms with E-state index in [9.17, 15) is 9.90 Å². The van der Waals surface area contributed by atoms with Crippen LogP contribution in [0.3, 0.4) is 0 Å². The van der Waals surface area contributed by atoms with Crippen molar-refractivity contribution in [1.29, 1.82) is 0 Å². The van der Waals surface area contributed by atoms with Crippen LogP contribution in [0, 0.1) is 0 Å². The van der Waals surface area contributed by atoms with Crippen LogP contribution in [0.1, 0.15) is 10.4 Å². The molecule has 2 aliphatic heterocycles. The summed E-state index contributed by atoms with van der Waals surface area (Å²) in [5.74, 6) is 4.54. The average Bonchev–Trinajstić information content (AvgIpc) is 1.59. The summed E-state index contributed by atoms with van der Waals surface area (Å²) in [6.07, 6.45) is 0. The monoisotopic (exact) mass is 1730 g/mol. The maximum atomic E-state index is 12.0. The first kappa shape index (κ1) is 92.9. The van der Waals surface area contributed by atoms with Crippen molar-refractivity contribution in [3.05, 3.63) is 84.4 Å². The van der Waals surface area contributed by atoms with Crippen LogP contribution in [-0.4, -0.2) is 326 Å². The number of H-pyrrole nitrogens is 2. The Morgan fingerprint density at radius 2 is 0.509 bits per heavy atom. The highest BCUT2D eigenvalue weighted by Gasteiger charge is 2.27. The number of fused-ring (bicyclic) bond motifs is 20. The molecule has 0 atom stereocenters. The van der Waals surface area contributed by atoms with E-state index in [0.29, 0.717) is 279 Å². The van der Waals surface area contributed by atoms with Crippen LogP contribution in [0.5, 0.6) is 0 Å². The summed E-state index contributed by atoms with van der Waals surface area (Å²) in [5.41, 5.74) is 5.29. The van der Waals surface area contributed by atoms with Crippen molar-refractivity contribution in [3.8, 4) is 45.6 Å². The molecule has 0 saturated heterocycles. The van der Waals surface area contributed by atoms with Crippen molar-refractivity contribution in [1.82, 2.24) is 39.9 Å². The van der Waals surface area contributed by atoms with Crippen LogP contribution in [-0.2, 0) is 85.3 Å². The standard InChI is InChI=1S/C81H106N8O20S7/c1-92-13-19-98-25-31-104-37-43-110-67-50-61-62(51-68(67)111-44-38-105-32-26-99-20-14-93-2)77-85-75(61)83-73-59-12-11-58(116-57-9-7-56(8-10-57)81(90)91)49-60(59)74(82-73)84-76-63-52-69(112-45-39-106-33-27-100-21-15-94-3)70(113-46-40-107-34-28-101-22-16-95-4)53-64(63)78(86-76)88-80-66-55-72(115-48-42-109-36-30-103-24-18-97-6)71(54-65(66)79(87-77)89-80)114-47-41-108-35-29-102-23-17-96-5/h7-12,49-55H,13-48H2,1-6H3,(H,90,91)(H2,82,83,84,85,86,87,88,89). The molecule has 0 unspecified atom stereocenters. The Morgan fingerprint density at radius 3 is 0.776 bits per heavy atom. The van der Waals surface area contributed by atoms with Gasteiger partial charge in [-0.05, 0) is 78.9 Å². The lowest BCUT2D eigenvalue weighted by Gasteiger charge is -2.13. The number of aromatic amines is 2. The summed E-state index contributed by atoms with van der Waals surface area (Å²) in [7, 11) is 9.92. The fourth-order valence-electron chi connectivity index (χ4n) is 11.4. The number of aromatic carboxylic acids is 1. The van der Waals surface area contributed by atoms with Crippen molar-refractivity contribution in [2.75, 3.05) is 275 Å². The van der Waals surface area contributed by atoms with E-state index in [1.807, 2.05) is 24.3 Å². The minimum atomic E-state index is -1.00. The van der Waals surface area contributed by atoms with Gasteiger partial charge in [-0.1, -0.05) is 11.8 Å². The summed E-state index contributed by atoms with van der Waals surface area (Å²) in [6, 6.07) is 26.0. The van der Waals surface area contributed by atoms with Gasteiger partial charge in [0.25, 0.3) is 0 Å². The SMILES string of the molecule is COCCOCCOCCSc1cc2c(cc1SCCOCCOCCOC)-c1nc-2nc2[nH]c(nc3nc(nc4[nH]c(n1)c1cc(SCCOCCOCCOC)c(SCCOCCOCCOC)cc41)-c1cc(SCCOCCOCCOC)c(SCCOCCOCCOC)cc1-3)c1cc(Sc3ccc(C(=O)O)cc3)ccc21. The number of hydrogen-bond donors (Lipinski definition) is 3. The van der Waals surface area contributed by atoms with Crippen LogP contribution in [0.25, 0.3) is 89.7 Å². The van der Waals surface area contributed by atoms with Gasteiger partial charge in [0.15, 0.2) is 23.3 Å². The molecule has 0 aliphatic carbocycles. The Kier molecular flexibility index (Phi) is 43.4. The molecule has 116 heavy (non-hydrogen) atoms. The van der Waals surface area contributed by atoms with Gasteiger partial charge in [0.2, 0.25) is 0 Å². The minimum Gasteiger partial charge on any atom is -0.478 e. The lowest BCUT2D eigenvalue weighted by Crippen LogP contribution is -2.09. The molecule has 10 rings (SSSR count). The fraction of sp³-hybridized carbons (Fsp3) is 0.519. The number of benzene rings is 5. The number of nitrogens with zero attached hydrogens (tertiary/aromatic N) is 6. The van der Waals surface area contributed by atoms with E-state index in [0.717, 1.165) is 83.0 Å². The van der Waals surface area contributed by atoms with Crippen LogP contribution in [0.15, 0.2) is 118 Å². The van der Waals surface area contributed by atoms with Crippen LogP contribution < -0.4 is 0 Å². The number of ether oxygens (including phenoxy) is 18. The number of rotatable bonds is 63. The molecule has 3 aromatic heterocycles. The first-order valence-electron chi connectivity index (χ1n) is 38.4. The summed E-state index contributed by atoms with van der Waals surface area (Å²) in [6.45, 7) is 14.1. The number of hydrogen-bond acceptors (Lipinski definition) is 32. The van der Waals surface area contributed by atoms with Gasteiger partial charge in [0.05, 0.1) is 204 Å². The van der Waals surface area contributed by atoms with E-state index < -0.39 is 5.97 Å². The Hall–Kier alpha value is -5.34. The molecule has 5 heterocycles. The first-order chi connectivity index (χ1) is 57.2. The predicted molar refractivity (Wildman–Crippen MR) is 459 cm³/mol. The van der Waals surface area contributed by atoms with Crippen molar-refractivity contribution in [2.45, 2.75) is 39.2 Å². The second-order valence-electron chi connectivity index (χ2n) is 25.2. The molecule has 5 aromatic carbocycles. The molecule has 8 aromatic rings. The molecule has 0 spiro atoms. The fourth-order valence-corrected chi connectivity index (χ4v) is 18.2. The zero-order valence-corrected chi connectivity index (χ0v) is 72.4. The van der Waals surface area contributed by atoms with Crippen molar-refractivity contribution in [3.63, 3.8) is 0 Å². The van der Waals surface area contributed by atoms with Gasteiger partial charge in [0.1, 0.15) is 22.6 Å². The zero-order chi connectivity index (χ0) is 81.0. The molecule has 0 amide bonds. The van der Waals surface area contributed by atoms with Crippen molar-refractivity contribution in [2.24, 2.45) is 0 Å². The molecule has 28 nitrogen and oxygen atoms in total. The van der Waals surface area contributed by atoms with Crippen molar-refractivity contribution >= 4 is 132 Å². The van der Waals surface area contributed by atoms with Crippen molar-refractivity contribution < 1.29 is 95.2 Å². The maximum Gasteiger partial charge on any atom is 0.335 e. The third kappa shape index (κ3) is 30.4. The highest BCUT2D eigenvalue weighted by atomic mass is 32.2. The van der Waals surface area contributed by atoms with Gasteiger partial charge in [0, 0.05) is 160 Å². The number of carboxylic acid groups (broad SMARTS) is 1. The Bertz CT molecular complexity index is 4440. The molecular formula is C81H106N8O20S7. The lowest BCUT2D eigenvalue weighted by atomic mass is 10.1. The summed E-state index contributed by atoms with van der Waals surface area (Å²) >= 11 is 11.6. The maximum absolute atomic E-state index is 12.0. The van der Waals surface area contributed by atoms with Gasteiger partial charge in [-0.15, -0.1) is 70.6 Å². The van der Waals surface area contributed by atoms with E-state index in [1.54, 1.807) is 125 Å². The highest BCUT2D eigenvalue weighted by molar-refractivity contribution is 8.03. The largest absolute Gasteiger partial charge is 0.478 e. The summed E-state index contributed by atoms with van der Waals surface area (Å²) in [4.78, 5) is 60.6. The second-order valence-corrected chi connectivity index (χ2v) is 33.1. The third-order valence-electron chi connectivity index (χ3n) is 17.1. The number of carboxylic acids is 1. The number of nitrogens with one attached hydrogen (secondary N) is 2. The quantitative estimate of drug-likeness (QED) is 0.0235. The molecule has 0 radical (unpaired) electrons. The number of methoxy groups -OCH3 is 6. The van der Waals surface area contributed by atoms with Gasteiger partial charge in [-0.3, -0.25) is 0 Å². The zero-order valence-electron chi connectivity index (χ0n) is 66.7. The minimum absolute atomic E-state index is 0.194. The average molecular weight is 1740 g/mol. The third-order valence-corrected chi connectivity index (χ3v) is 24.6. The molecule has 0 fully saturated rings. The number of carbonyl (C=O) groups is 1. The summed E-state index contributed by atoms with van der Waals surface area (Å²) < 4.78 is 102. The van der Waals surface area contributed by atoms with Gasteiger partial charge >= 0.3 is 5.97 Å². The van der Waals surface area contributed by atoms with Gasteiger partial charge < -0.3 is 100 Å². The molecule has 0 saturated carbocycles. The predicted octanol–water partition coefficient (Wildman–Crippen LogP) is 13.3. The Labute approximate surface area is 707 Å². The molecular weight excluding hydrogens is 1630 g/mol. The molecule has 3 N–H and O–H groups in total. The topological polar surface area (TPSA) is 312 Å². The Balaban J connectivity index is 1.16. The van der Waals surface area contributed by atoms with Gasteiger partial charge in [-0.2, -0.15) is 0 Å². The lowest BCUT2D eigenvalue weighted by molar-refractivity contribution is 0.0286. The number of aromatic nitrogens is 8. The van der Waals surface area contributed by atoms with Gasteiger partial charge in [-0.25, -0.2) is 34.7 Å². The van der Waals surface area contributed by atoms with Crippen LogP contribution >= 0.6 is 82.3 Å². The second kappa shape index (κ2) is 54.1. The smallest absolute Gasteiger partial charge is 0.335 e. The normalized spacial score (nSPS) is 12.0. The van der Waals surface area contributed by atoms with E-state index in [2.05, 4.69) is 52.4 Å².